The van der Waals surface area contributed by atoms with Gasteiger partial charge >= 0.3 is 0 Å². The fourth-order valence-corrected chi connectivity index (χ4v) is 3.10. The Bertz CT molecular complexity index is 875. The first-order valence-corrected chi connectivity index (χ1v) is 9.05. The van der Waals surface area contributed by atoms with Gasteiger partial charge in [-0.15, -0.1) is 0 Å². The predicted molar refractivity (Wildman–Crippen MR) is 98.6 cm³/mol. The SMILES string of the molecule is Cc1ccc(C(=O)Nc2cc(S(=O)(=O)N(C)C)ccc2N(C)C)cn1. The first kappa shape index (κ1) is 18.9. The Morgan fingerprint density at radius 2 is 1.76 bits per heavy atom. The molecule has 0 saturated carbocycles. The molecule has 7 nitrogen and oxygen atoms in total. The van der Waals surface area contributed by atoms with Gasteiger partial charge in [-0.2, -0.15) is 0 Å². The number of anilines is 2. The number of amides is 1. The van der Waals surface area contributed by atoms with Gasteiger partial charge in [-0.25, -0.2) is 12.7 Å². The normalized spacial score (nSPS) is 11.4. The Kier molecular flexibility index (Phi) is 5.44. The maximum atomic E-state index is 12.5. The number of nitrogens with zero attached hydrogens (tertiary/aromatic N) is 3. The summed E-state index contributed by atoms with van der Waals surface area (Å²) in [5, 5.41) is 2.78. The average Bonchev–Trinajstić information content (AvgIpc) is 2.54. The van der Waals surface area contributed by atoms with Crippen molar-refractivity contribution in [2.75, 3.05) is 38.4 Å². The molecule has 0 fully saturated rings. The molecule has 0 atom stereocenters. The van der Waals surface area contributed by atoms with Crippen molar-refractivity contribution in [1.82, 2.24) is 9.29 Å². The molecule has 0 radical (unpaired) electrons. The highest BCUT2D eigenvalue weighted by Gasteiger charge is 2.20. The van der Waals surface area contributed by atoms with Gasteiger partial charge in [-0.3, -0.25) is 9.78 Å². The summed E-state index contributed by atoms with van der Waals surface area (Å²) in [7, 11) is 2.97. The number of hydrogen-bond acceptors (Lipinski definition) is 5. The summed E-state index contributed by atoms with van der Waals surface area (Å²) >= 11 is 0. The van der Waals surface area contributed by atoms with Gasteiger partial charge in [-0.1, -0.05) is 0 Å². The highest BCUT2D eigenvalue weighted by atomic mass is 32.2. The van der Waals surface area contributed by atoms with Gasteiger partial charge in [0.1, 0.15) is 0 Å². The van der Waals surface area contributed by atoms with Crippen molar-refractivity contribution in [3.63, 3.8) is 0 Å². The van der Waals surface area contributed by atoms with Crippen molar-refractivity contribution in [3.05, 3.63) is 47.8 Å². The molecular weight excluding hydrogens is 340 g/mol. The van der Waals surface area contributed by atoms with Crippen LogP contribution in [0.1, 0.15) is 16.1 Å². The smallest absolute Gasteiger partial charge is 0.257 e. The van der Waals surface area contributed by atoms with E-state index in [1.165, 1.54) is 32.4 Å². The zero-order valence-corrected chi connectivity index (χ0v) is 15.8. The Hall–Kier alpha value is -2.45. The Morgan fingerprint density at radius 3 is 2.28 bits per heavy atom. The highest BCUT2D eigenvalue weighted by molar-refractivity contribution is 7.89. The van der Waals surface area contributed by atoms with Crippen LogP contribution in [0, 0.1) is 6.92 Å². The zero-order valence-electron chi connectivity index (χ0n) is 14.9. The lowest BCUT2D eigenvalue weighted by Gasteiger charge is -2.20. The van der Waals surface area contributed by atoms with E-state index >= 15 is 0 Å². The van der Waals surface area contributed by atoms with Crippen molar-refractivity contribution in [1.29, 1.82) is 0 Å². The number of aromatic nitrogens is 1. The molecular formula is C17H22N4O3S. The molecule has 0 aliphatic heterocycles. The third-order valence-corrected chi connectivity index (χ3v) is 5.46. The lowest BCUT2D eigenvalue weighted by atomic mass is 10.2. The van der Waals surface area contributed by atoms with Gasteiger partial charge in [0.15, 0.2) is 0 Å². The number of benzene rings is 1. The summed E-state index contributed by atoms with van der Waals surface area (Å²) in [6, 6.07) is 8.07. The average molecular weight is 362 g/mol. The number of pyridine rings is 1. The maximum absolute atomic E-state index is 12.5. The predicted octanol–water partition coefficient (Wildman–Crippen LogP) is 1.96. The van der Waals surface area contributed by atoms with Crippen molar-refractivity contribution in [2.24, 2.45) is 0 Å². The lowest BCUT2D eigenvalue weighted by Crippen LogP contribution is -2.23. The minimum atomic E-state index is -3.60. The minimum Gasteiger partial charge on any atom is -0.376 e. The second kappa shape index (κ2) is 7.20. The molecule has 2 rings (SSSR count). The molecule has 1 aromatic carbocycles. The summed E-state index contributed by atoms with van der Waals surface area (Å²) in [5.74, 6) is -0.352. The van der Waals surface area contributed by atoms with Gasteiger partial charge in [0.2, 0.25) is 10.0 Å². The van der Waals surface area contributed by atoms with E-state index in [-0.39, 0.29) is 10.8 Å². The fourth-order valence-electron chi connectivity index (χ4n) is 2.17. The summed E-state index contributed by atoms with van der Waals surface area (Å²) in [4.78, 5) is 18.5. The van der Waals surface area contributed by atoms with Crippen LogP contribution in [-0.2, 0) is 10.0 Å². The van der Waals surface area contributed by atoms with Gasteiger partial charge in [0, 0.05) is 40.1 Å². The van der Waals surface area contributed by atoms with Gasteiger partial charge in [0.05, 0.1) is 21.8 Å². The summed E-state index contributed by atoms with van der Waals surface area (Å²) in [5.41, 5.74) is 2.32. The van der Waals surface area contributed by atoms with Crippen LogP contribution in [0.5, 0.6) is 0 Å². The fraction of sp³-hybridized carbons (Fsp3) is 0.294. The zero-order chi connectivity index (χ0) is 18.8. The molecule has 1 aromatic heterocycles. The van der Waals surface area contributed by atoms with Crippen LogP contribution < -0.4 is 10.2 Å². The second-order valence-corrected chi connectivity index (χ2v) is 8.16. The Balaban J connectivity index is 2.43. The number of rotatable bonds is 5. The first-order valence-electron chi connectivity index (χ1n) is 7.61. The molecule has 134 valence electrons. The van der Waals surface area contributed by atoms with Gasteiger partial charge in [-0.05, 0) is 37.3 Å². The molecule has 0 bridgehead atoms. The largest absolute Gasteiger partial charge is 0.376 e. The molecule has 1 N–H and O–H groups in total. The second-order valence-electron chi connectivity index (χ2n) is 6.00. The molecule has 1 amide bonds. The molecule has 1 heterocycles. The van der Waals surface area contributed by atoms with Crippen LogP contribution >= 0.6 is 0 Å². The standard InChI is InChI=1S/C17H22N4O3S/c1-12-6-7-13(11-18-12)17(22)19-15-10-14(25(23,24)21(4)5)8-9-16(15)20(2)3/h6-11H,1-5H3,(H,19,22). The molecule has 0 spiro atoms. The molecule has 0 aliphatic rings. The Labute approximate surface area is 148 Å². The van der Waals surface area contributed by atoms with Crippen LogP contribution in [0.3, 0.4) is 0 Å². The monoisotopic (exact) mass is 362 g/mol. The van der Waals surface area contributed by atoms with Crippen LogP contribution in [0.15, 0.2) is 41.4 Å². The van der Waals surface area contributed by atoms with E-state index in [4.69, 9.17) is 0 Å². The summed E-state index contributed by atoms with van der Waals surface area (Å²) < 4.78 is 25.8. The van der Waals surface area contributed by atoms with Crippen molar-refractivity contribution in [2.45, 2.75) is 11.8 Å². The first-order chi connectivity index (χ1) is 11.6. The molecule has 2 aromatic rings. The molecule has 8 heteroatoms. The van der Waals surface area contributed by atoms with E-state index in [9.17, 15) is 13.2 Å². The van der Waals surface area contributed by atoms with E-state index in [2.05, 4.69) is 10.3 Å². The third-order valence-electron chi connectivity index (χ3n) is 3.65. The quantitative estimate of drug-likeness (QED) is 0.879. The topological polar surface area (TPSA) is 82.6 Å². The number of sulfonamides is 1. The van der Waals surface area contributed by atoms with Crippen LogP contribution in [0.4, 0.5) is 11.4 Å². The van der Waals surface area contributed by atoms with Gasteiger partial charge in [0.25, 0.3) is 5.91 Å². The van der Waals surface area contributed by atoms with E-state index in [0.29, 0.717) is 16.9 Å². The molecule has 0 unspecified atom stereocenters. The maximum Gasteiger partial charge on any atom is 0.257 e. The summed E-state index contributed by atoms with van der Waals surface area (Å²) in [6.45, 7) is 1.83. The van der Waals surface area contributed by atoms with E-state index in [1.54, 1.807) is 23.1 Å². The van der Waals surface area contributed by atoms with Crippen LogP contribution in [-0.4, -0.2) is 51.8 Å². The molecule has 25 heavy (non-hydrogen) atoms. The number of aryl methyl sites for hydroxylation is 1. The van der Waals surface area contributed by atoms with Crippen molar-refractivity contribution >= 4 is 27.3 Å². The van der Waals surface area contributed by atoms with E-state index in [1.807, 2.05) is 21.0 Å². The van der Waals surface area contributed by atoms with Crippen molar-refractivity contribution in [3.8, 4) is 0 Å². The third kappa shape index (κ3) is 4.15. The summed E-state index contributed by atoms with van der Waals surface area (Å²) in [6.07, 6.45) is 1.49. The number of carbonyl (C=O) groups excluding carboxylic acids is 1. The highest BCUT2D eigenvalue weighted by Crippen LogP contribution is 2.29. The minimum absolute atomic E-state index is 0.112. The van der Waals surface area contributed by atoms with Crippen molar-refractivity contribution < 1.29 is 13.2 Å². The van der Waals surface area contributed by atoms with Crippen LogP contribution in [0.25, 0.3) is 0 Å². The lowest BCUT2D eigenvalue weighted by molar-refractivity contribution is 0.102. The molecule has 0 aliphatic carbocycles. The molecule has 0 saturated heterocycles. The van der Waals surface area contributed by atoms with E-state index in [0.717, 1.165) is 10.00 Å². The number of hydrogen-bond donors (Lipinski definition) is 1. The number of carbonyl (C=O) groups is 1. The number of nitrogens with one attached hydrogen (secondary N) is 1. The van der Waals surface area contributed by atoms with Gasteiger partial charge < -0.3 is 10.2 Å². The van der Waals surface area contributed by atoms with E-state index < -0.39 is 10.0 Å². The Morgan fingerprint density at radius 1 is 1.08 bits per heavy atom. The van der Waals surface area contributed by atoms with Crippen LogP contribution in [0.2, 0.25) is 0 Å².